The van der Waals surface area contributed by atoms with Crippen molar-refractivity contribution >= 4 is 18.0 Å². The number of alkyl carbamates (subject to hydrolysis) is 1. The fraction of sp³-hybridized carbons (Fsp3) is 0.591. The molecule has 0 heterocycles. The molecule has 2 rings (SSSR count). The number of nitrogens with one attached hydrogen (secondary N) is 2. The minimum absolute atomic E-state index is 0.106. The SMILES string of the molecule is CC(C)(C)OC(=O)NC(CC(=O)OC1CCCCC1)C(=O)NCc1ccccc1. The van der Waals surface area contributed by atoms with E-state index in [2.05, 4.69) is 10.6 Å². The van der Waals surface area contributed by atoms with Crippen LogP contribution in [0.4, 0.5) is 4.79 Å². The zero-order valence-corrected chi connectivity index (χ0v) is 17.5. The first-order valence-electron chi connectivity index (χ1n) is 10.2. The van der Waals surface area contributed by atoms with E-state index < -0.39 is 29.6 Å². The minimum atomic E-state index is -1.07. The molecule has 29 heavy (non-hydrogen) atoms. The molecular weight excluding hydrogens is 372 g/mol. The average molecular weight is 405 g/mol. The monoisotopic (exact) mass is 404 g/mol. The Hall–Kier alpha value is -2.57. The molecule has 1 aliphatic carbocycles. The molecule has 0 bridgehead atoms. The van der Waals surface area contributed by atoms with Crippen molar-refractivity contribution in [1.82, 2.24) is 10.6 Å². The lowest BCUT2D eigenvalue weighted by molar-refractivity contribution is -0.152. The topological polar surface area (TPSA) is 93.7 Å². The summed E-state index contributed by atoms with van der Waals surface area (Å²) in [6.07, 6.45) is 3.82. The Morgan fingerprint density at radius 1 is 1.07 bits per heavy atom. The molecule has 0 aliphatic heterocycles. The molecule has 0 aromatic heterocycles. The van der Waals surface area contributed by atoms with E-state index in [0.29, 0.717) is 6.54 Å². The molecule has 1 aliphatic rings. The summed E-state index contributed by atoms with van der Waals surface area (Å²) >= 11 is 0. The van der Waals surface area contributed by atoms with E-state index in [-0.39, 0.29) is 12.5 Å². The molecule has 2 amide bonds. The van der Waals surface area contributed by atoms with E-state index in [1.54, 1.807) is 20.8 Å². The summed E-state index contributed by atoms with van der Waals surface area (Å²) in [5.74, 6) is -0.951. The van der Waals surface area contributed by atoms with Gasteiger partial charge in [0.05, 0.1) is 6.42 Å². The van der Waals surface area contributed by atoms with Crippen LogP contribution in [0, 0.1) is 0 Å². The van der Waals surface area contributed by atoms with Gasteiger partial charge in [0.25, 0.3) is 0 Å². The summed E-state index contributed by atoms with van der Waals surface area (Å²) in [6.45, 7) is 5.49. The summed E-state index contributed by atoms with van der Waals surface area (Å²) in [7, 11) is 0. The third-order valence-electron chi connectivity index (χ3n) is 4.54. The fourth-order valence-corrected chi connectivity index (χ4v) is 3.15. The first kappa shape index (κ1) is 22.7. The molecule has 0 spiro atoms. The molecular formula is C22H32N2O5. The first-order chi connectivity index (χ1) is 13.7. The van der Waals surface area contributed by atoms with Crippen LogP contribution in [0.25, 0.3) is 0 Å². The predicted molar refractivity (Wildman–Crippen MR) is 109 cm³/mol. The lowest BCUT2D eigenvalue weighted by Gasteiger charge is -2.25. The smallest absolute Gasteiger partial charge is 0.408 e. The molecule has 160 valence electrons. The maximum Gasteiger partial charge on any atom is 0.408 e. The van der Waals surface area contributed by atoms with E-state index in [4.69, 9.17) is 9.47 Å². The normalized spacial score (nSPS) is 15.8. The number of esters is 1. The molecule has 7 nitrogen and oxygen atoms in total. The van der Waals surface area contributed by atoms with Crippen LogP contribution in [0.2, 0.25) is 0 Å². The highest BCUT2D eigenvalue weighted by molar-refractivity contribution is 5.89. The van der Waals surface area contributed by atoms with Gasteiger partial charge in [-0.2, -0.15) is 0 Å². The molecule has 1 unspecified atom stereocenters. The van der Waals surface area contributed by atoms with E-state index in [1.165, 1.54) is 0 Å². The van der Waals surface area contributed by atoms with Crippen LogP contribution in [0.3, 0.4) is 0 Å². The van der Waals surface area contributed by atoms with E-state index >= 15 is 0 Å². The molecule has 0 saturated heterocycles. The van der Waals surface area contributed by atoms with Crippen molar-refractivity contribution in [2.45, 2.75) is 83.6 Å². The Bertz CT molecular complexity index is 678. The summed E-state index contributed by atoms with van der Waals surface area (Å²) < 4.78 is 10.7. The fourth-order valence-electron chi connectivity index (χ4n) is 3.15. The number of benzene rings is 1. The summed E-state index contributed by atoms with van der Waals surface area (Å²) in [5, 5.41) is 5.26. The average Bonchev–Trinajstić information content (AvgIpc) is 2.65. The number of hydrogen-bond donors (Lipinski definition) is 2. The molecule has 0 radical (unpaired) electrons. The number of amides is 2. The van der Waals surface area contributed by atoms with Crippen LogP contribution in [0.1, 0.15) is 64.9 Å². The third kappa shape index (κ3) is 8.98. The summed E-state index contributed by atoms with van der Waals surface area (Å²) in [6, 6.07) is 8.34. The van der Waals surface area contributed by atoms with E-state index in [1.807, 2.05) is 30.3 Å². The van der Waals surface area contributed by atoms with Crippen LogP contribution in [-0.4, -0.2) is 35.7 Å². The highest BCUT2D eigenvalue weighted by Crippen LogP contribution is 2.21. The Kier molecular flexibility index (Phi) is 8.49. The highest BCUT2D eigenvalue weighted by Gasteiger charge is 2.28. The quantitative estimate of drug-likeness (QED) is 0.679. The molecule has 1 aromatic rings. The molecule has 2 N–H and O–H groups in total. The van der Waals surface area contributed by atoms with Crippen molar-refractivity contribution in [3.8, 4) is 0 Å². The van der Waals surface area contributed by atoms with Crippen molar-refractivity contribution in [3.05, 3.63) is 35.9 Å². The van der Waals surface area contributed by atoms with Gasteiger partial charge in [-0.15, -0.1) is 0 Å². The van der Waals surface area contributed by atoms with Gasteiger partial charge in [-0.05, 0) is 52.0 Å². The molecule has 1 atom stereocenters. The third-order valence-corrected chi connectivity index (χ3v) is 4.54. The van der Waals surface area contributed by atoms with Gasteiger partial charge in [-0.3, -0.25) is 9.59 Å². The number of ether oxygens (including phenoxy) is 2. The van der Waals surface area contributed by atoms with Gasteiger partial charge < -0.3 is 20.1 Å². The molecule has 1 aromatic carbocycles. The minimum Gasteiger partial charge on any atom is -0.462 e. The Morgan fingerprint density at radius 3 is 2.34 bits per heavy atom. The summed E-state index contributed by atoms with van der Waals surface area (Å²) in [4.78, 5) is 37.2. The second-order valence-corrected chi connectivity index (χ2v) is 8.36. The van der Waals surface area contributed by atoms with Crippen molar-refractivity contribution < 1.29 is 23.9 Å². The maximum absolute atomic E-state index is 12.7. The van der Waals surface area contributed by atoms with Crippen LogP contribution >= 0.6 is 0 Å². The van der Waals surface area contributed by atoms with E-state index in [9.17, 15) is 14.4 Å². The van der Waals surface area contributed by atoms with Crippen LogP contribution < -0.4 is 10.6 Å². The number of hydrogen-bond acceptors (Lipinski definition) is 5. The Balaban J connectivity index is 1.96. The van der Waals surface area contributed by atoms with Gasteiger partial charge in [0.2, 0.25) is 5.91 Å². The standard InChI is InChI=1S/C22H32N2O5/c1-22(2,3)29-21(27)24-18(14-19(25)28-17-12-8-5-9-13-17)20(26)23-15-16-10-6-4-7-11-16/h4,6-7,10-11,17-18H,5,8-9,12-15H2,1-3H3,(H,23,26)(H,24,27). The molecule has 1 fully saturated rings. The molecule has 7 heteroatoms. The van der Waals surface area contributed by atoms with Crippen molar-refractivity contribution in [2.75, 3.05) is 0 Å². The van der Waals surface area contributed by atoms with Gasteiger partial charge in [0, 0.05) is 6.54 Å². The number of rotatable bonds is 7. The zero-order chi connectivity index (χ0) is 21.3. The lowest BCUT2D eigenvalue weighted by atomic mass is 9.98. The van der Waals surface area contributed by atoms with Crippen molar-refractivity contribution in [2.24, 2.45) is 0 Å². The van der Waals surface area contributed by atoms with E-state index in [0.717, 1.165) is 37.7 Å². The second kappa shape index (κ2) is 10.8. The zero-order valence-electron chi connectivity index (χ0n) is 17.5. The van der Waals surface area contributed by atoms with Crippen LogP contribution in [0.5, 0.6) is 0 Å². The maximum atomic E-state index is 12.7. The Labute approximate surface area is 172 Å². The van der Waals surface area contributed by atoms with Crippen LogP contribution in [0.15, 0.2) is 30.3 Å². The summed E-state index contributed by atoms with van der Waals surface area (Å²) in [5.41, 5.74) is 0.208. The van der Waals surface area contributed by atoms with Crippen molar-refractivity contribution in [1.29, 1.82) is 0 Å². The predicted octanol–water partition coefficient (Wildman–Crippen LogP) is 3.46. The van der Waals surface area contributed by atoms with Gasteiger partial charge >= 0.3 is 12.1 Å². The number of carbonyl (C=O) groups excluding carboxylic acids is 3. The van der Waals surface area contributed by atoms with Gasteiger partial charge in [0.1, 0.15) is 17.7 Å². The van der Waals surface area contributed by atoms with Crippen LogP contribution in [-0.2, 0) is 25.6 Å². The first-order valence-corrected chi connectivity index (χ1v) is 10.2. The molecule has 1 saturated carbocycles. The second-order valence-electron chi connectivity index (χ2n) is 8.36. The van der Waals surface area contributed by atoms with Crippen molar-refractivity contribution in [3.63, 3.8) is 0 Å². The number of carbonyl (C=O) groups is 3. The van der Waals surface area contributed by atoms with Gasteiger partial charge in [0.15, 0.2) is 0 Å². The van der Waals surface area contributed by atoms with Gasteiger partial charge in [-0.1, -0.05) is 36.8 Å². The lowest BCUT2D eigenvalue weighted by Crippen LogP contribution is -2.49. The largest absolute Gasteiger partial charge is 0.462 e. The van der Waals surface area contributed by atoms with Gasteiger partial charge in [-0.25, -0.2) is 4.79 Å². The highest BCUT2D eigenvalue weighted by atomic mass is 16.6. The Morgan fingerprint density at radius 2 is 1.72 bits per heavy atom.